The molecule has 1 aromatic carbocycles. The number of amides is 1. The Morgan fingerprint density at radius 3 is 2.54 bits per heavy atom. The van der Waals surface area contributed by atoms with Crippen molar-refractivity contribution < 1.29 is 14.3 Å². The van der Waals surface area contributed by atoms with E-state index >= 15 is 0 Å². The van der Waals surface area contributed by atoms with Gasteiger partial charge in [0, 0.05) is 17.1 Å². The summed E-state index contributed by atoms with van der Waals surface area (Å²) >= 11 is 6.44. The van der Waals surface area contributed by atoms with E-state index in [-0.39, 0.29) is 29.9 Å². The van der Waals surface area contributed by atoms with Gasteiger partial charge in [0.15, 0.2) is 0 Å². The maximum Gasteiger partial charge on any atom is 0.326 e. The predicted molar refractivity (Wildman–Crippen MR) is 101 cm³/mol. The van der Waals surface area contributed by atoms with Crippen LogP contribution in [0.3, 0.4) is 0 Å². The molecule has 1 N–H and O–H groups in total. The van der Waals surface area contributed by atoms with Gasteiger partial charge in [-0.25, -0.2) is 0 Å². The summed E-state index contributed by atoms with van der Waals surface area (Å²) in [7, 11) is 3.26. The number of methoxy groups -OCH3 is 1. The standard InChI is InChI=1S/C20H27ClN2O3/c1-20(19(25)26-3)12-15(18(24)22-13-8-4-5-9-13)17(23(20)2)14-10-6-7-11-16(14)21/h6-7,10-11,13,15,17H,4-5,8-9,12H2,1-3H3,(H,22,24)/t15-,17-,20-/m1/s1. The van der Waals surface area contributed by atoms with E-state index in [9.17, 15) is 9.59 Å². The molecule has 0 bridgehead atoms. The summed E-state index contributed by atoms with van der Waals surface area (Å²) in [4.78, 5) is 27.5. The van der Waals surface area contributed by atoms with Crippen molar-refractivity contribution in [3.63, 3.8) is 0 Å². The smallest absolute Gasteiger partial charge is 0.326 e. The second-order valence-electron chi connectivity index (χ2n) is 7.64. The van der Waals surface area contributed by atoms with Crippen LogP contribution in [0.5, 0.6) is 0 Å². The summed E-state index contributed by atoms with van der Waals surface area (Å²) in [5.74, 6) is -0.681. The third-order valence-corrected chi connectivity index (χ3v) is 6.43. The van der Waals surface area contributed by atoms with Gasteiger partial charge in [0.05, 0.1) is 13.0 Å². The highest BCUT2D eigenvalue weighted by atomic mass is 35.5. The Kier molecular flexibility index (Phi) is 5.58. The van der Waals surface area contributed by atoms with Crippen molar-refractivity contribution in [1.29, 1.82) is 0 Å². The highest BCUT2D eigenvalue weighted by Crippen LogP contribution is 2.48. The molecule has 1 saturated heterocycles. The van der Waals surface area contributed by atoms with Gasteiger partial charge in [0.25, 0.3) is 0 Å². The minimum Gasteiger partial charge on any atom is -0.468 e. The van der Waals surface area contributed by atoms with E-state index in [1.54, 1.807) is 0 Å². The number of nitrogens with one attached hydrogen (secondary N) is 1. The third kappa shape index (κ3) is 3.35. The summed E-state index contributed by atoms with van der Waals surface area (Å²) in [6.45, 7) is 1.84. The van der Waals surface area contributed by atoms with Crippen molar-refractivity contribution in [3.05, 3.63) is 34.9 Å². The average molecular weight is 379 g/mol. The SMILES string of the molecule is COC(=O)[C@@]1(C)C[C@@H](C(=O)NC2CCCC2)[C@@H](c2ccccc2Cl)N1C. The molecule has 0 radical (unpaired) electrons. The molecule has 0 aromatic heterocycles. The summed E-state index contributed by atoms with van der Waals surface area (Å²) in [5.41, 5.74) is 0.00636. The van der Waals surface area contributed by atoms with Gasteiger partial charge < -0.3 is 10.1 Å². The monoisotopic (exact) mass is 378 g/mol. The Labute approximate surface area is 160 Å². The Bertz CT molecular complexity index is 689. The van der Waals surface area contributed by atoms with Gasteiger partial charge in [-0.2, -0.15) is 0 Å². The molecule has 2 fully saturated rings. The molecule has 1 aromatic rings. The second kappa shape index (κ2) is 7.57. The van der Waals surface area contributed by atoms with Gasteiger partial charge in [0.1, 0.15) is 5.54 Å². The first kappa shape index (κ1) is 19.2. The predicted octanol–water partition coefficient (Wildman–Crippen LogP) is 3.32. The van der Waals surface area contributed by atoms with E-state index in [1.165, 1.54) is 7.11 Å². The number of carbonyl (C=O) groups excluding carboxylic acids is 2. The van der Waals surface area contributed by atoms with E-state index in [2.05, 4.69) is 5.32 Å². The lowest BCUT2D eigenvalue weighted by Crippen LogP contribution is -2.47. The van der Waals surface area contributed by atoms with E-state index < -0.39 is 5.54 Å². The number of hydrogen-bond donors (Lipinski definition) is 1. The first-order valence-corrected chi connectivity index (χ1v) is 9.62. The lowest BCUT2D eigenvalue weighted by molar-refractivity contribution is -0.152. The van der Waals surface area contributed by atoms with Crippen LogP contribution in [0.4, 0.5) is 0 Å². The minimum atomic E-state index is -0.865. The van der Waals surface area contributed by atoms with Crippen LogP contribution >= 0.6 is 11.6 Å². The number of hydrogen-bond acceptors (Lipinski definition) is 4. The summed E-state index contributed by atoms with van der Waals surface area (Å²) < 4.78 is 5.04. The molecule has 1 heterocycles. The zero-order chi connectivity index (χ0) is 18.9. The fourth-order valence-corrected chi connectivity index (χ4v) is 4.71. The first-order valence-electron chi connectivity index (χ1n) is 9.24. The largest absolute Gasteiger partial charge is 0.468 e. The fourth-order valence-electron chi connectivity index (χ4n) is 4.46. The number of likely N-dealkylation sites (tertiary alicyclic amines) is 1. The molecule has 0 spiro atoms. The normalized spacial score (nSPS) is 29.7. The number of halogens is 1. The van der Waals surface area contributed by atoms with Crippen molar-refractivity contribution >= 4 is 23.5 Å². The van der Waals surface area contributed by atoms with Gasteiger partial charge in [0.2, 0.25) is 5.91 Å². The molecule has 3 atom stereocenters. The van der Waals surface area contributed by atoms with Crippen molar-refractivity contribution in [2.45, 2.75) is 56.7 Å². The Morgan fingerprint density at radius 2 is 1.92 bits per heavy atom. The highest BCUT2D eigenvalue weighted by molar-refractivity contribution is 6.31. The maximum atomic E-state index is 13.1. The molecule has 1 amide bonds. The zero-order valence-corrected chi connectivity index (χ0v) is 16.4. The number of carbonyl (C=O) groups is 2. The lowest BCUT2D eigenvalue weighted by Gasteiger charge is -2.33. The molecule has 142 valence electrons. The van der Waals surface area contributed by atoms with E-state index in [4.69, 9.17) is 16.3 Å². The Balaban J connectivity index is 1.94. The summed E-state index contributed by atoms with van der Waals surface area (Å²) in [6, 6.07) is 7.51. The molecular weight excluding hydrogens is 352 g/mol. The zero-order valence-electron chi connectivity index (χ0n) is 15.6. The van der Waals surface area contributed by atoms with Gasteiger partial charge in [-0.1, -0.05) is 42.6 Å². The van der Waals surface area contributed by atoms with E-state index in [0.29, 0.717) is 11.4 Å². The van der Waals surface area contributed by atoms with E-state index in [0.717, 1.165) is 31.2 Å². The van der Waals surface area contributed by atoms with Crippen molar-refractivity contribution in [2.24, 2.45) is 5.92 Å². The highest BCUT2D eigenvalue weighted by Gasteiger charge is 2.55. The van der Waals surface area contributed by atoms with Gasteiger partial charge >= 0.3 is 5.97 Å². The Morgan fingerprint density at radius 1 is 1.27 bits per heavy atom. The average Bonchev–Trinajstić information content (AvgIpc) is 3.22. The number of rotatable bonds is 4. The molecule has 1 saturated carbocycles. The number of benzene rings is 1. The van der Waals surface area contributed by atoms with Crippen LogP contribution in [-0.4, -0.2) is 42.5 Å². The van der Waals surface area contributed by atoms with Crippen LogP contribution in [0.2, 0.25) is 5.02 Å². The number of nitrogens with zero attached hydrogens (tertiary/aromatic N) is 1. The topological polar surface area (TPSA) is 58.6 Å². The van der Waals surface area contributed by atoms with Crippen LogP contribution < -0.4 is 5.32 Å². The number of ether oxygens (including phenoxy) is 1. The lowest BCUT2D eigenvalue weighted by atomic mass is 9.89. The molecule has 5 nitrogen and oxygen atoms in total. The number of esters is 1. The quantitative estimate of drug-likeness (QED) is 0.816. The second-order valence-corrected chi connectivity index (χ2v) is 8.05. The van der Waals surface area contributed by atoms with Crippen LogP contribution in [-0.2, 0) is 14.3 Å². The van der Waals surface area contributed by atoms with Crippen molar-refractivity contribution in [3.8, 4) is 0 Å². The van der Waals surface area contributed by atoms with Crippen molar-refractivity contribution in [2.75, 3.05) is 14.2 Å². The van der Waals surface area contributed by atoms with Crippen LogP contribution in [0, 0.1) is 5.92 Å². The molecule has 1 aliphatic heterocycles. The fraction of sp³-hybridized carbons (Fsp3) is 0.600. The minimum absolute atomic E-state index is 0.00120. The molecule has 0 unspecified atom stereocenters. The molecule has 2 aliphatic rings. The van der Waals surface area contributed by atoms with Crippen molar-refractivity contribution in [1.82, 2.24) is 10.2 Å². The molecular formula is C20H27ClN2O3. The van der Waals surface area contributed by atoms with Gasteiger partial charge in [-0.15, -0.1) is 0 Å². The van der Waals surface area contributed by atoms with Gasteiger partial charge in [-0.3, -0.25) is 14.5 Å². The van der Waals surface area contributed by atoms with Crippen LogP contribution in [0.1, 0.15) is 50.6 Å². The van der Waals surface area contributed by atoms with E-state index in [1.807, 2.05) is 43.1 Å². The summed E-state index contributed by atoms with van der Waals surface area (Å²) in [6.07, 6.45) is 4.77. The third-order valence-electron chi connectivity index (χ3n) is 6.08. The van der Waals surface area contributed by atoms with Gasteiger partial charge in [-0.05, 0) is 44.9 Å². The number of likely N-dealkylation sites (N-methyl/N-ethyl adjacent to an activating group) is 1. The van der Waals surface area contributed by atoms with Crippen LogP contribution in [0.25, 0.3) is 0 Å². The molecule has 3 rings (SSSR count). The molecule has 1 aliphatic carbocycles. The van der Waals surface area contributed by atoms with Crippen LogP contribution in [0.15, 0.2) is 24.3 Å². The molecule has 26 heavy (non-hydrogen) atoms. The summed E-state index contributed by atoms with van der Waals surface area (Å²) in [5, 5.41) is 3.80. The first-order chi connectivity index (χ1) is 12.4. The maximum absolute atomic E-state index is 13.1. The Hall–Kier alpha value is -1.59. The molecule has 6 heteroatoms.